The van der Waals surface area contributed by atoms with Crippen LogP contribution in [0.4, 0.5) is 18.3 Å². The largest absolute Gasteiger partial charge is 0.418 e. The Morgan fingerprint density at radius 3 is 2.56 bits per heavy atom. The van der Waals surface area contributed by atoms with Gasteiger partial charge >= 0.3 is 6.18 Å². The number of rotatable bonds is 1. The third-order valence-corrected chi connectivity index (χ3v) is 2.58. The maximum Gasteiger partial charge on any atom is 0.418 e. The summed E-state index contributed by atoms with van der Waals surface area (Å²) in [5, 5.41) is 7.31. The number of nitrogens with two attached hydrogens (primary N) is 1. The predicted octanol–water partition coefficient (Wildman–Crippen LogP) is 2.20. The van der Waals surface area contributed by atoms with E-state index in [0.717, 1.165) is 17.5 Å². The Bertz CT molecular complexity index is 508. The van der Waals surface area contributed by atoms with Crippen LogP contribution in [0.5, 0.6) is 0 Å². The maximum absolute atomic E-state index is 12.6. The number of hydrogen-bond donors (Lipinski definition) is 1. The molecule has 0 aliphatic heterocycles. The minimum absolute atomic E-state index is 0.0586. The molecule has 84 valence electrons. The molecule has 0 aromatic carbocycles. The second kappa shape index (κ2) is 3.71. The van der Waals surface area contributed by atoms with Crippen LogP contribution in [0.15, 0.2) is 18.5 Å². The molecule has 0 unspecified atom stereocenters. The van der Waals surface area contributed by atoms with Gasteiger partial charge < -0.3 is 5.73 Å². The molecule has 2 N–H and O–H groups in total. The fourth-order valence-electron chi connectivity index (χ4n) is 1.15. The zero-order valence-corrected chi connectivity index (χ0v) is 8.51. The lowest BCUT2D eigenvalue weighted by Crippen LogP contribution is -2.07. The van der Waals surface area contributed by atoms with Gasteiger partial charge in [0.15, 0.2) is 0 Å². The molecule has 0 saturated carbocycles. The number of nitrogens with zero attached hydrogens (tertiary/aromatic N) is 3. The molecule has 16 heavy (non-hydrogen) atoms. The number of halogens is 3. The molecule has 0 fully saturated rings. The number of anilines is 1. The first-order valence-electron chi connectivity index (χ1n) is 4.09. The topological polar surface area (TPSA) is 64.7 Å². The summed E-state index contributed by atoms with van der Waals surface area (Å²) < 4.78 is 37.9. The number of aromatic nitrogens is 3. The molecule has 2 aromatic rings. The van der Waals surface area contributed by atoms with Crippen molar-refractivity contribution in [2.45, 2.75) is 6.18 Å². The maximum atomic E-state index is 12.6. The smallest absolute Gasteiger partial charge is 0.374 e. The normalized spacial score (nSPS) is 11.7. The zero-order valence-electron chi connectivity index (χ0n) is 7.69. The fraction of sp³-hybridized carbons (Fsp3) is 0.125. The van der Waals surface area contributed by atoms with E-state index < -0.39 is 11.7 Å². The quantitative estimate of drug-likeness (QED) is 0.837. The van der Waals surface area contributed by atoms with Gasteiger partial charge in [0.2, 0.25) is 5.13 Å². The minimum Gasteiger partial charge on any atom is -0.374 e. The number of alkyl halides is 3. The predicted molar refractivity (Wildman–Crippen MR) is 52.6 cm³/mol. The highest BCUT2D eigenvalue weighted by molar-refractivity contribution is 7.18. The van der Waals surface area contributed by atoms with Crippen molar-refractivity contribution < 1.29 is 13.2 Å². The van der Waals surface area contributed by atoms with Crippen molar-refractivity contribution >= 4 is 16.5 Å². The highest BCUT2D eigenvalue weighted by Gasteiger charge is 2.34. The van der Waals surface area contributed by atoms with Crippen LogP contribution >= 0.6 is 11.3 Å². The summed E-state index contributed by atoms with van der Waals surface area (Å²) in [4.78, 5) is 3.45. The Labute approximate surface area is 92.0 Å². The van der Waals surface area contributed by atoms with E-state index in [-0.39, 0.29) is 15.7 Å². The second-order valence-corrected chi connectivity index (χ2v) is 3.87. The van der Waals surface area contributed by atoms with Crippen LogP contribution in [0.2, 0.25) is 0 Å². The first kappa shape index (κ1) is 10.8. The third kappa shape index (κ3) is 1.96. The van der Waals surface area contributed by atoms with E-state index in [9.17, 15) is 13.2 Å². The summed E-state index contributed by atoms with van der Waals surface area (Å²) in [7, 11) is 0. The molecule has 2 aromatic heterocycles. The van der Waals surface area contributed by atoms with E-state index in [1.54, 1.807) is 0 Å². The molecule has 0 spiro atoms. The van der Waals surface area contributed by atoms with Gasteiger partial charge in [-0.15, -0.1) is 10.2 Å². The molecule has 0 amide bonds. The summed E-state index contributed by atoms with van der Waals surface area (Å²) in [6, 6.07) is 1.24. The van der Waals surface area contributed by atoms with Gasteiger partial charge in [-0.05, 0) is 6.07 Å². The van der Waals surface area contributed by atoms with Crippen LogP contribution in [0.1, 0.15) is 5.56 Å². The van der Waals surface area contributed by atoms with Crippen molar-refractivity contribution in [2.24, 2.45) is 0 Å². The average molecular weight is 246 g/mol. The number of hydrogen-bond acceptors (Lipinski definition) is 5. The van der Waals surface area contributed by atoms with Gasteiger partial charge in [-0.1, -0.05) is 11.3 Å². The molecule has 0 saturated heterocycles. The van der Waals surface area contributed by atoms with E-state index in [0.29, 0.717) is 0 Å². The molecule has 0 radical (unpaired) electrons. The molecule has 8 heteroatoms. The van der Waals surface area contributed by atoms with Crippen molar-refractivity contribution in [1.29, 1.82) is 0 Å². The molecule has 2 heterocycles. The SMILES string of the molecule is Nc1nnc(-c2ccncc2C(F)(F)F)s1. The summed E-state index contributed by atoms with van der Waals surface area (Å²) in [6.07, 6.45) is -2.45. The molecular weight excluding hydrogens is 241 g/mol. The Balaban J connectivity index is 2.57. The second-order valence-electron chi connectivity index (χ2n) is 2.86. The molecule has 4 nitrogen and oxygen atoms in total. The van der Waals surface area contributed by atoms with Crippen molar-refractivity contribution in [2.75, 3.05) is 5.73 Å². The summed E-state index contributed by atoms with van der Waals surface area (Å²) >= 11 is 0.899. The Morgan fingerprint density at radius 2 is 2.00 bits per heavy atom. The Kier molecular flexibility index (Phi) is 2.50. The van der Waals surface area contributed by atoms with Gasteiger partial charge in [0.05, 0.1) is 5.56 Å². The summed E-state index contributed by atoms with van der Waals surface area (Å²) in [5.74, 6) is 0. The lowest BCUT2D eigenvalue weighted by Gasteiger charge is -2.09. The van der Waals surface area contributed by atoms with E-state index in [2.05, 4.69) is 15.2 Å². The van der Waals surface area contributed by atoms with Crippen LogP contribution < -0.4 is 5.73 Å². The van der Waals surface area contributed by atoms with E-state index in [4.69, 9.17) is 5.73 Å². The number of nitrogen functional groups attached to an aromatic ring is 1. The van der Waals surface area contributed by atoms with Crippen molar-refractivity contribution in [3.05, 3.63) is 24.0 Å². The molecule has 0 atom stereocenters. The van der Waals surface area contributed by atoms with Crippen LogP contribution in [0, 0.1) is 0 Å². The van der Waals surface area contributed by atoms with E-state index in [1.165, 1.54) is 12.3 Å². The van der Waals surface area contributed by atoms with Crippen LogP contribution in [-0.4, -0.2) is 15.2 Å². The zero-order chi connectivity index (χ0) is 11.8. The first-order chi connectivity index (χ1) is 7.48. The number of pyridine rings is 1. The van der Waals surface area contributed by atoms with Crippen LogP contribution in [0.25, 0.3) is 10.6 Å². The monoisotopic (exact) mass is 246 g/mol. The van der Waals surface area contributed by atoms with Gasteiger partial charge in [0.1, 0.15) is 5.01 Å². The van der Waals surface area contributed by atoms with Crippen LogP contribution in [-0.2, 0) is 6.18 Å². The summed E-state index contributed by atoms with van der Waals surface area (Å²) in [5.41, 5.74) is 4.42. The molecule has 0 bridgehead atoms. The highest BCUT2D eigenvalue weighted by Crippen LogP contribution is 2.37. The van der Waals surface area contributed by atoms with Crippen molar-refractivity contribution in [1.82, 2.24) is 15.2 Å². The van der Waals surface area contributed by atoms with E-state index in [1.807, 2.05) is 0 Å². The minimum atomic E-state index is -4.47. The average Bonchev–Trinajstić information content (AvgIpc) is 2.64. The van der Waals surface area contributed by atoms with Gasteiger partial charge in [-0.3, -0.25) is 4.98 Å². The van der Waals surface area contributed by atoms with Crippen molar-refractivity contribution in [3.8, 4) is 10.6 Å². The molecule has 0 aliphatic rings. The van der Waals surface area contributed by atoms with Crippen LogP contribution in [0.3, 0.4) is 0 Å². The van der Waals surface area contributed by atoms with Gasteiger partial charge in [-0.25, -0.2) is 0 Å². The lowest BCUT2D eigenvalue weighted by atomic mass is 10.1. The Morgan fingerprint density at radius 1 is 1.25 bits per heavy atom. The Hall–Kier alpha value is -1.70. The molecule has 0 aliphatic carbocycles. The fourth-order valence-corrected chi connectivity index (χ4v) is 1.80. The standard InChI is InChI=1S/C8H5F3N4S/c9-8(10,11)5-3-13-2-1-4(5)6-14-15-7(12)16-6/h1-3H,(H2,12,15). The highest BCUT2D eigenvalue weighted by atomic mass is 32.1. The molecular formula is C8H5F3N4S. The third-order valence-electron chi connectivity index (χ3n) is 1.80. The van der Waals surface area contributed by atoms with Gasteiger partial charge in [0, 0.05) is 18.0 Å². The molecule has 2 rings (SSSR count). The lowest BCUT2D eigenvalue weighted by molar-refractivity contribution is -0.137. The van der Waals surface area contributed by atoms with Crippen molar-refractivity contribution in [3.63, 3.8) is 0 Å². The van der Waals surface area contributed by atoms with Gasteiger partial charge in [0.25, 0.3) is 0 Å². The van der Waals surface area contributed by atoms with E-state index >= 15 is 0 Å². The first-order valence-corrected chi connectivity index (χ1v) is 4.90. The summed E-state index contributed by atoms with van der Waals surface area (Å²) in [6.45, 7) is 0. The van der Waals surface area contributed by atoms with Gasteiger partial charge in [-0.2, -0.15) is 13.2 Å².